The molecular weight excluding hydrogens is 386 g/mol. The van der Waals surface area contributed by atoms with Gasteiger partial charge in [-0.05, 0) is 49.9 Å². The molecule has 0 saturated carbocycles. The largest absolute Gasteiger partial charge is 0.451 e. The third-order valence-electron chi connectivity index (χ3n) is 4.12. The van der Waals surface area contributed by atoms with Crippen molar-refractivity contribution in [2.75, 3.05) is 7.05 Å². The van der Waals surface area contributed by atoms with Gasteiger partial charge in [-0.25, -0.2) is 13.2 Å². The minimum absolute atomic E-state index is 0.0273. The van der Waals surface area contributed by atoms with Crippen LogP contribution in [0.1, 0.15) is 31.9 Å². The topological polar surface area (TPSA) is 131 Å². The fourth-order valence-corrected chi connectivity index (χ4v) is 3.57. The number of imide groups is 1. The van der Waals surface area contributed by atoms with Gasteiger partial charge in [0.15, 0.2) is 6.10 Å². The van der Waals surface area contributed by atoms with E-state index in [0.29, 0.717) is 0 Å². The Bertz CT molecular complexity index is 851. The molecule has 28 heavy (non-hydrogen) atoms. The van der Waals surface area contributed by atoms with Crippen LogP contribution in [0.15, 0.2) is 23.1 Å². The Balaban J connectivity index is 2.94. The first-order chi connectivity index (χ1) is 12.9. The number of ether oxygens (including phenoxy) is 1. The number of hydrogen-bond donors (Lipinski definition) is 3. The van der Waals surface area contributed by atoms with E-state index in [1.54, 1.807) is 26.8 Å². The van der Waals surface area contributed by atoms with Gasteiger partial charge in [0.2, 0.25) is 10.0 Å². The zero-order valence-electron chi connectivity index (χ0n) is 16.8. The van der Waals surface area contributed by atoms with Crippen molar-refractivity contribution in [2.24, 2.45) is 5.92 Å². The number of benzene rings is 1. The minimum Gasteiger partial charge on any atom is -0.451 e. The van der Waals surface area contributed by atoms with Gasteiger partial charge < -0.3 is 10.1 Å². The van der Waals surface area contributed by atoms with E-state index in [4.69, 9.17) is 4.74 Å². The average molecular weight is 413 g/mol. The van der Waals surface area contributed by atoms with Crippen LogP contribution < -0.4 is 15.4 Å². The number of amides is 3. The van der Waals surface area contributed by atoms with Crippen molar-refractivity contribution in [1.82, 2.24) is 15.4 Å². The van der Waals surface area contributed by atoms with E-state index in [2.05, 4.69) is 10.0 Å². The second kappa shape index (κ2) is 9.65. The van der Waals surface area contributed by atoms with Gasteiger partial charge in [-0.3, -0.25) is 14.9 Å². The van der Waals surface area contributed by atoms with E-state index in [9.17, 15) is 22.8 Å². The van der Waals surface area contributed by atoms with E-state index in [1.165, 1.54) is 26.1 Å². The first-order valence-electron chi connectivity index (χ1n) is 8.71. The molecule has 3 amide bonds. The normalized spacial score (nSPS) is 13.5. The molecule has 0 aliphatic carbocycles. The van der Waals surface area contributed by atoms with Crippen molar-refractivity contribution in [3.63, 3.8) is 0 Å². The molecular formula is C18H27N3O6S. The molecule has 3 N–H and O–H groups in total. The molecule has 1 aromatic carbocycles. The molecule has 2 atom stereocenters. The van der Waals surface area contributed by atoms with Gasteiger partial charge in [0.25, 0.3) is 5.91 Å². The molecule has 0 aliphatic heterocycles. The van der Waals surface area contributed by atoms with Crippen LogP contribution in [0.5, 0.6) is 0 Å². The molecule has 156 valence electrons. The number of esters is 1. The summed E-state index contributed by atoms with van der Waals surface area (Å²) < 4.78 is 32.7. The van der Waals surface area contributed by atoms with E-state index in [-0.39, 0.29) is 4.90 Å². The Morgan fingerprint density at radius 3 is 2.14 bits per heavy atom. The lowest BCUT2D eigenvalue weighted by Crippen LogP contribution is -2.49. The van der Waals surface area contributed by atoms with Crippen LogP contribution in [-0.4, -0.2) is 45.5 Å². The third-order valence-corrected chi connectivity index (χ3v) is 5.56. The van der Waals surface area contributed by atoms with Gasteiger partial charge in [0, 0.05) is 7.05 Å². The molecule has 10 heteroatoms. The quantitative estimate of drug-likeness (QED) is 0.572. The Kier molecular flexibility index (Phi) is 8.13. The van der Waals surface area contributed by atoms with Crippen molar-refractivity contribution < 1.29 is 27.5 Å². The van der Waals surface area contributed by atoms with Gasteiger partial charge in [-0.2, -0.15) is 4.72 Å². The van der Waals surface area contributed by atoms with Crippen LogP contribution in [0.2, 0.25) is 0 Å². The lowest BCUT2D eigenvalue weighted by molar-refractivity contribution is -0.157. The van der Waals surface area contributed by atoms with Gasteiger partial charge >= 0.3 is 12.0 Å². The van der Waals surface area contributed by atoms with Crippen molar-refractivity contribution in [3.8, 4) is 0 Å². The first kappa shape index (κ1) is 23.6. The van der Waals surface area contributed by atoms with Crippen molar-refractivity contribution >= 4 is 27.9 Å². The summed E-state index contributed by atoms with van der Waals surface area (Å²) in [6.07, 6.45) is -1.28. The molecule has 1 rings (SSSR count). The average Bonchev–Trinajstić information content (AvgIpc) is 2.61. The summed E-state index contributed by atoms with van der Waals surface area (Å²) in [5.41, 5.74) is 1.74. The molecule has 0 saturated heterocycles. The molecule has 0 fully saturated rings. The van der Waals surface area contributed by atoms with Crippen LogP contribution in [0.4, 0.5) is 4.79 Å². The summed E-state index contributed by atoms with van der Waals surface area (Å²) in [6.45, 7) is 8.22. The van der Waals surface area contributed by atoms with Crippen LogP contribution in [-0.2, 0) is 24.3 Å². The van der Waals surface area contributed by atoms with E-state index in [1.807, 2.05) is 12.2 Å². The smallest absolute Gasteiger partial charge is 0.325 e. The summed E-state index contributed by atoms with van der Waals surface area (Å²) in [4.78, 5) is 35.5. The Labute approximate surface area is 165 Å². The van der Waals surface area contributed by atoms with Crippen molar-refractivity contribution in [1.29, 1.82) is 0 Å². The predicted molar refractivity (Wildman–Crippen MR) is 103 cm³/mol. The number of sulfonamides is 1. The number of carbonyl (C=O) groups excluding carboxylic acids is 3. The third kappa shape index (κ3) is 6.31. The van der Waals surface area contributed by atoms with Gasteiger partial charge in [-0.15, -0.1) is 0 Å². The molecule has 0 aromatic heterocycles. The van der Waals surface area contributed by atoms with Crippen molar-refractivity contribution in [2.45, 2.75) is 51.7 Å². The fourth-order valence-electron chi connectivity index (χ4n) is 2.15. The molecule has 0 radical (unpaired) electrons. The molecule has 9 nitrogen and oxygen atoms in total. The second-order valence-corrected chi connectivity index (χ2v) is 8.45. The monoisotopic (exact) mass is 413 g/mol. The molecule has 0 unspecified atom stereocenters. The Hall–Kier alpha value is -2.46. The summed E-state index contributed by atoms with van der Waals surface area (Å²) in [5, 5.41) is 4.18. The maximum Gasteiger partial charge on any atom is 0.325 e. The highest BCUT2D eigenvalue weighted by atomic mass is 32.2. The molecule has 0 bridgehead atoms. The predicted octanol–water partition coefficient (Wildman–Crippen LogP) is 0.994. The lowest BCUT2D eigenvalue weighted by atomic mass is 10.1. The zero-order valence-corrected chi connectivity index (χ0v) is 17.6. The number of hydrogen-bond acceptors (Lipinski definition) is 6. The SMILES string of the molecule is CNC(=O)NC(=O)[C@@H](C)OC(=O)[C@@H](NS(=O)(=O)c1ccc(C)c(C)c1)C(C)C. The molecule has 0 spiro atoms. The van der Waals surface area contributed by atoms with Crippen LogP contribution in [0.3, 0.4) is 0 Å². The minimum atomic E-state index is -3.98. The first-order valence-corrected chi connectivity index (χ1v) is 10.2. The van der Waals surface area contributed by atoms with Gasteiger partial charge in [0.1, 0.15) is 6.04 Å². The van der Waals surface area contributed by atoms with Gasteiger partial charge in [0.05, 0.1) is 4.90 Å². The number of carbonyl (C=O) groups is 3. The lowest BCUT2D eigenvalue weighted by Gasteiger charge is -2.23. The second-order valence-electron chi connectivity index (χ2n) is 6.74. The Morgan fingerprint density at radius 2 is 1.64 bits per heavy atom. The maximum absolute atomic E-state index is 12.7. The summed E-state index contributed by atoms with van der Waals surface area (Å²) in [6, 6.07) is 2.69. The number of urea groups is 1. The van der Waals surface area contributed by atoms with Crippen LogP contribution in [0, 0.1) is 19.8 Å². The molecule has 0 aliphatic rings. The zero-order chi connectivity index (χ0) is 21.6. The highest BCUT2D eigenvalue weighted by Gasteiger charge is 2.32. The highest BCUT2D eigenvalue weighted by molar-refractivity contribution is 7.89. The number of nitrogens with one attached hydrogen (secondary N) is 3. The summed E-state index contributed by atoms with van der Waals surface area (Å²) in [7, 11) is -2.65. The highest BCUT2D eigenvalue weighted by Crippen LogP contribution is 2.17. The van der Waals surface area contributed by atoms with Crippen LogP contribution in [0.25, 0.3) is 0 Å². The van der Waals surface area contributed by atoms with Gasteiger partial charge in [-0.1, -0.05) is 19.9 Å². The fraction of sp³-hybridized carbons (Fsp3) is 0.500. The van der Waals surface area contributed by atoms with E-state index >= 15 is 0 Å². The van der Waals surface area contributed by atoms with Crippen LogP contribution >= 0.6 is 0 Å². The number of rotatable bonds is 7. The summed E-state index contributed by atoms with van der Waals surface area (Å²) >= 11 is 0. The standard InChI is InChI=1S/C18H27N3O6S/c1-10(2)15(17(23)27-13(5)16(22)20-18(24)19-6)21-28(25,26)14-8-7-11(3)12(4)9-14/h7-10,13,15,21H,1-6H3,(H2,19,20,22,24)/t13-,15+/m1/s1. The van der Waals surface area contributed by atoms with Crippen molar-refractivity contribution in [3.05, 3.63) is 29.3 Å². The maximum atomic E-state index is 12.7. The van der Waals surface area contributed by atoms with E-state index in [0.717, 1.165) is 11.1 Å². The Morgan fingerprint density at radius 1 is 1.04 bits per heavy atom. The number of aryl methyl sites for hydroxylation is 2. The molecule has 1 aromatic rings. The molecule has 0 heterocycles. The van der Waals surface area contributed by atoms with E-state index < -0.39 is 46.0 Å². The summed E-state index contributed by atoms with van der Waals surface area (Å²) in [5.74, 6) is -2.18.